The predicted octanol–water partition coefficient (Wildman–Crippen LogP) is 2.38. The van der Waals surface area contributed by atoms with E-state index in [1.165, 1.54) is 0 Å². The van der Waals surface area contributed by atoms with Crippen LogP contribution in [0.1, 0.15) is 11.3 Å². The van der Waals surface area contributed by atoms with E-state index < -0.39 is 0 Å². The highest BCUT2D eigenvalue weighted by molar-refractivity contribution is 6.33. The first-order valence-electron chi connectivity index (χ1n) is 4.59. The molecule has 0 aliphatic rings. The van der Waals surface area contributed by atoms with Crippen molar-refractivity contribution in [2.24, 2.45) is 0 Å². The van der Waals surface area contributed by atoms with Gasteiger partial charge in [-0.25, -0.2) is 0 Å². The number of aryl methyl sites for hydroxylation is 1. The second-order valence-electron chi connectivity index (χ2n) is 3.23. The summed E-state index contributed by atoms with van der Waals surface area (Å²) < 4.78 is 0. The number of hydrogen-bond acceptors (Lipinski definition) is 3. The largest absolute Gasteiger partial charge is 0.380 e. The van der Waals surface area contributed by atoms with E-state index >= 15 is 0 Å². The Morgan fingerprint density at radius 3 is 3.00 bits per heavy atom. The molecule has 2 heterocycles. The molecule has 2 N–H and O–H groups in total. The molecule has 0 bridgehead atoms. The third kappa shape index (κ3) is 2.27. The van der Waals surface area contributed by atoms with Crippen molar-refractivity contribution in [3.05, 3.63) is 40.9 Å². The van der Waals surface area contributed by atoms with Gasteiger partial charge in [-0.2, -0.15) is 5.10 Å². The topological polar surface area (TPSA) is 53.6 Å². The summed E-state index contributed by atoms with van der Waals surface area (Å²) in [6, 6.07) is 1.84. The molecular weight excluding hydrogens is 212 g/mol. The van der Waals surface area contributed by atoms with Crippen LogP contribution in [0.15, 0.2) is 24.7 Å². The van der Waals surface area contributed by atoms with Gasteiger partial charge in [-0.3, -0.25) is 10.1 Å². The van der Waals surface area contributed by atoms with E-state index in [0.717, 1.165) is 16.9 Å². The molecule has 0 amide bonds. The highest BCUT2D eigenvalue weighted by Gasteiger charge is 2.02. The lowest BCUT2D eigenvalue weighted by Gasteiger charge is -2.06. The minimum atomic E-state index is 0.624. The minimum Gasteiger partial charge on any atom is -0.380 e. The normalized spacial score (nSPS) is 10.3. The molecule has 0 aliphatic carbocycles. The summed E-state index contributed by atoms with van der Waals surface area (Å²) in [4.78, 5) is 3.92. The van der Waals surface area contributed by atoms with Crippen molar-refractivity contribution in [1.82, 2.24) is 15.2 Å². The van der Waals surface area contributed by atoms with Crippen LogP contribution in [0.4, 0.5) is 5.69 Å². The van der Waals surface area contributed by atoms with Crippen LogP contribution >= 0.6 is 11.6 Å². The van der Waals surface area contributed by atoms with Gasteiger partial charge in [0.2, 0.25) is 0 Å². The maximum atomic E-state index is 5.96. The third-order valence-corrected chi connectivity index (χ3v) is 2.48. The van der Waals surface area contributed by atoms with E-state index in [9.17, 15) is 0 Å². The van der Waals surface area contributed by atoms with Crippen LogP contribution in [0.5, 0.6) is 0 Å². The Morgan fingerprint density at radius 1 is 1.47 bits per heavy atom. The third-order valence-electron chi connectivity index (χ3n) is 2.18. The van der Waals surface area contributed by atoms with Crippen LogP contribution in [-0.4, -0.2) is 15.2 Å². The molecule has 0 saturated heterocycles. The second-order valence-corrected chi connectivity index (χ2v) is 3.64. The lowest BCUT2D eigenvalue weighted by molar-refractivity contribution is 1.04. The number of halogens is 1. The van der Waals surface area contributed by atoms with Crippen LogP contribution in [0.2, 0.25) is 5.02 Å². The number of hydrogen-bond donors (Lipinski definition) is 2. The molecule has 0 saturated carbocycles. The van der Waals surface area contributed by atoms with E-state index in [1.54, 1.807) is 18.6 Å². The molecule has 2 aromatic rings. The van der Waals surface area contributed by atoms with Gasteiger partial charge in [-0.05, 0) is 13.0 Å². The number of aromatic nitrogens is 3. The quantitative estimate of drug-likeness (QED) is 0.839. The van der Waals surface area contributed by atoms with Crippen molar-refractivity contribution in [3.63, 3.8) is 0 Å². The van der Waals surface area contributed by atoms with E-state index in [4.69, 9.17) is 11.6 Å². The van der Waals surface area contributed by atoms with E-state index in [1.807, 2.05) is 13.0 Å². The molecule has 0 spiro atoms. The molecule has 5 heteroatoms. The van der Waals surface area contributed by atoms with Crippen LogP contribution in [0, 0.1) is 6.92 Å². The summed E-state index contributed by atoms with van der Waals surface area (Å²) in [5, 5.41) is 10.7. The van der Waals surface area contributed by atoms with Gasteiger partial charge < -0.3 is 5.32 Å². The average molecular weight is 223 g/mol. The minimum absolute atomic E-state index is 0.624. The van der Waals surface area contributed by atoms with Gasteiger partial charge in [0.1, 0.15) is 0 Å². The number of anilines is 1. The Kier molecular flexibility index (Phi) is 2.87. The summed E-state index contributed by atoms with van der Waals surface area (Å²) in [5.74, 6) is 0. The zero-order valence-corrected chi connectivity index (χ0v) is 9.04. The van der Waals surface area contributed by atoms with Crippen molar-refractivity contribution < 1.29 is 0 Å². The van der Waals surface area contributed by atoms with Crippen molar-refractivity contribution in [2.45, 2.75) is 13.5 Å². The Labute approximate surface area is 92.7 Å². The molecule has 0 fully saturated rings. The zero-order chi connectivity index (χ0) is 10.7. The number of pyridine rings is 1. The van der Waals surface area contributed by atoms with Crippen LogP contribution in [-0.2, 0) is 6.54 Å². The van der Waals surface area contributed by atoms with Crippen molar-refractivity contribution >= 4 is 17.3 Å². The van der Waals surface area contributed by atoms with Gasteiger partial charge >= 0.3 is 0 Å². The Balaban J connectivity index is 2.06. The van der Waals surface area contributed by atoms with Gasteiger partial charge in [-0.15, -0.1) is 0 Å². The highest BCUT2D eigenvalue weighted by Crippen LogP contribution is 2.20. The summed E-state index contributed by atoms with van der Waals surface area (Å²) >= 11 is 5.96. The van der Waals surface area contributed by atoms with Crippen LogP contribution in [0.25, 0.3) is 0 Å². The van der Waals surface area contributed by atoms with E-state index in [2.05, 4.69) is 20.5 Å². The molecule has 4 nitrogen and oxygen atoms in total. The standard InChI is InChI=1S/C10H11ClN4/c1-7-8(5-14-15-7)4-13-10-2-3-12-6-9(10)11/h2-3,5-6H,4H2,1H3,(H,12,13)(H,14,15). The predicted molar refractivity (Wildman–Crippen MR) is 59.9 cm³/mol. The van der Waals surface area contributed by atoms with Crippen molar-refractivity contribution in [1.29, 1.82) is 0 Å². The fourth-order valence-electron chi connectivity index (χ4n) is 1.26. The summed E-state index contributed by atoms with van der Waals surface area (Å²) in [5.41, 5.74) is 3.07. The van der Waals surface area contributed by atoms with E-state index in [0.29, 0.717) is 11.6 Å². The summed E-state index contributed by atoms with van der Waals surface area (Å²) in [7, 11) is 0. The molecule has 0 aliphatic heterocycles. The number of rotatable bonds is 3. The maximum Gasteiger partial charge on any atom is 0.0820 e. The molecular formula is C10H11ClN4. The molecule has 78 valence electrons. The first kappa shape index (κ1) is 9.98. The second kappa shape index (κ2) is 4.31. The lowest BCUT2D eigenvalue weighted by atomic mass is 10.2. The van der Waals surface area contributed by atoms with Gasteiger partial charge in [0, 0.05) is 30.2 Å². The van der Waals surface area contributed by atoms with Crippen LogP contribution in [0.3, 0.4) is 0 Å². The number of H-pyrrole nitrogens is 1. The van der Waals surface area contributed by atoms with Gasteiger partial charge in [0.05, 0.1) is 16.9 Å². The first-order chi connectivity index (χ1) is 7.27. The molecule has 0 aromatic carbocycles. The SMILES string of the molecule is Cc1[nH]ncc1CNc1ccncc1Cl. The van der Waals surface area contributed by atoms with Gasteiger partial charge in [0.25, 0.3) is 0 Å². The number of nitrogens with one attached hydrogen (secondary N) is 2. The lowest BCUT2D eigenvalue weighted by Crippen LogP contribution is -2.00. The Hall–Kier alpha value is -1.55. The van der Waals surface area contributed by atoms with Crippen LogP contribution < -0.4 is 5.32 Å². The van der Waals surface area contributed by atoms with Crippen molar-refractivity contribution in [3.8, 4) is 0 Å². The van der Waals surface area contributed by atoms with Gasteiger partial charge in [-0.1, -0.05) is 11.6 Å². The fraction of sp³-hybridized carbons (Fsp3) is 0.200. The Bertz CT molecular complexity index is 452. The number of aromatic amines is 1. The highest BCUT2D eigenvalue weighted by atomic mass is 35.5. The molecule has 0 atom stereocenters. The van der Waals surface area contributed by atoms with Gasteiger partial charge in [0.15, 0.2) is 0 Å². The molecule has 0 unspecified atom stereocenters. The summed E-state index contributed by atoms with van der Waals surface area (Å²) in [6.07, 6.45) is 5.12. The molecule has 2 rings (SSSR count). The monoisotopic (exact) mass is 222 g/mol. The Morgan fingerprint density at radius 2 is 2.33 bits per heavy atom. The number of nitrogens with zero attached hydrogens (tertiary/aromatic N) is 2. The van der Waals surface area contributed by atoms with E-state index in [-0.39, 0.29) is 0 Å². The summed E-state index contributed by atoms with van der Waals surface area (Å²) in [6.45, 7) is 2.68. The first-order valence-corrected chi connectivity index (χ1v) is 4.97. The average Bonchev–Trinajstić information content (AvgIpc) is 2.63. The molecule has 2 aromatic heterocycles. The molecule has 15 heavy (non-hydrogen) atoms. The molecule has 0 radical (unpaired) electrons. The smallest absolute Gasteiger partial charge is 0.0820 e. The zero-order valence-electron chi connectivity index (χ0n) is 8.29. The fourth-order valence-corrected chi connectivity index (χ4v) is 1.45. The van der Waals surface area contributed by atoms with Crippen molar-refractivity contribution in [2.75, 3.05) is 5.32 Å². The maximum absolute atomic E-state index is 5.96.